The van der Waals surface area contributed by atoms with Crippen LogP contribution in [0.2, 0.25) is 0 Å². The Morgan fingerprint density at radius 2 is 2.13 bits per heavy atom. The van der Waals surface area contributed by atoms with Gasteiger partial charge in [-0.25, -0.2) is 4.79 Å². The first-order valence-corrected chi connectivity index (χ1v) is 7.82. The number of nitrogens with one attached hydrogen (secondary N) is 1. The lowest BCUT2D eigenvalue weighted by molar-refractivity contribution is -0.385. The van der Waals surface area contributed by atoms with Gasteiger partial charge < -0.3 is 15.0 Å². The Morgan fingerprint density at radius 1 is 1.43 bits per heavy atom. The van der Waals surface area contributed by atoms with Crippen molar-refractivity contribution in [2.24, 2.45) is 5.92 Å². The lowest BCUT2D eigenvalue weighted by Crippen LogP contribution is -2.33. The highest BCUT2D eigenvalue weighted by Crippen LogP contribution is 2.22. The molecule has 0 unspecified atom stereocenters. The smallest absolute Gasteiger partial charge is 0.321 e. The lowest BCUT2D eigenvalue weighted by atomic mass is 9.96. The second kappa shape index (κ2) is 7.92. The minimum absolute atomic E-state index is 0.0517. The summed E-state index contributed by atoms with van der Waals surface area (Å²) in [6.45, 7) is 3.95. The lowest BCUT2D eigenvalue weighted by Gasteiger charge is -2.25. The fraction of sp³-hybridized carbons (Fsp3) is 0.562. The van der Waals surface area contributed by atoms with E-state index in [1.54, 1.807) is 31.0 Å². The molecule has 0 aromatic heterocycles. The van der Waals surface area contributed by atoms with Crippen molar-refractivity contribution in [3.05, 3.63) is 33.9 Å². The van der Waals surface area contributed by atoms with Gasteiger partial charge in [0.25, 0.3) is 5.69 Å². The van der Waals surface area contributed by atoms with E-state index in [-0.39, 0.29) is 11.7 Å². The summed E-state index contributed by atoms with van der Waals surface area (Å²) in [5, 5.41) is 13.6. The highest BCUT2D eigenvalue weighted by molar-refractivity contribution is 5.89. The number of hydrogen-bond acceptors (Lipinski definition) is 4. The number of urea groups is 1. The van der Waals surface area contributed by atoms with Gasteiger partial charge in [0.1, 0.15) is 0 Å². The van der Waals surface area contributed by atoms with Gasteiger partial charge >= 0.3 is 6.03 Å². The predicted molar refractivity (Wildman–Crippen MR) is 87.6 cm³/mol. The van der Waals surface area contributed by atoms with E-state index in [0.717, 1.165) is 32.5 Å². The largest absolute Gasteiger partial charge is 0.381 e. The molecule has 0 aliphatic carbocycles. The molecule has 1 fully saturated rings. The zero-order valence-corrected chi connectivity index (χ0v) is 13.6. The molecular formula is C16H23N3O4. The maximum atomic E-state index is 12.2. The number of nitro benzene ring substituents is 1. The van der Waals surface area contributed by atoms with Crippen molar-refractivity contribution in [2.75, 3.05) is 32.1 Å². The number of anilines is 1. The van der Waals surface area contributed by atoms with Crippen molar-refractivity contribution in [3.8, 4) is 0 Å². The molecule has 7 heteroatoms. The molecule has 0 radical (unpaired) electrons. The van der Waals surface area contributed by atoms with E-state index in [2.05, 4.69) is 5.32 Å². The Bertz CT molecular complexity index is 570. The average Bonchev–Trinajstić information content (AvgIpc) is 2.53. The molecule has 0 bridgehead atoms. The third-order valence-electron chi connectivity index (χ3n) is 4.21. The first kappa shape index (κ1) is 17.2. The van der Waals surface area contributed by atoms with Gasteiger partial charge in [-0.15, -0.1) is 0 Å². The van der Waals surface area contributed by atoms with Gasteiger partial charge in [-0.2, -0.15) is 0 Å². The quantitative estimate of drug-likeness (QED) is 0.666. The van der Waals surface area contributed by atoms with Gasteiger partial charge in [-0.1, -0.05) is 0 Å². The Kier molecular flexibility index (Phi) is 5.92. The van der Waals surface area contributed by atoms with Gasteiger partial charge in [-0.3, -0.25) is 10.1 Å². The highest BCUT2D eigenvalue weighted by Gasteiger charge is 2.17. The van der Waals surface area contributed by atoms with Crippen LogP contribution in [0.3, 0.4) is 0 Å². The summed E-state index contributed by atoms with van der Waals surface area (Å²) in [4.78, 5) is 24.2. The third kappa shape index (κ3) is 4.92. The van der Waals surface area contributed by atoms with Crippen LogP contribution in [0.25, 0.3) is 0 Å². The number of hydrogen-bond donors (Lipinski definition) is 1. The Balaban J connectivity index is 1.85. The van der Waals surface area contributed by atoms with Crippen LogP contribution in [-0.4, -0.2) is 42.7 Å². The van der Waals surface area contributed by atoms with Crippen molar-refractivity contribution < 1.29 is 14.5 Å². The van der Waals surface area contributed by atoms with Gasteiger partial charge in [0.05, 0.1) is 4.92 Å². The average molecular weight is 321 g/mol. The highest BCUT2D eigenvalue weighted by atomic mass is 16.6. The number of nitrogens with zero attached hydrogens (tertiary/aromatic N) is 2. The van der Waals surface area contributed by atoms with E-state index in [4.69, 9.17) is 4.74 Å². The molecule has 7 nitrogen and oxygen atoms in total. The topological polar surface area (TPSA) is 84.7 Å². The van der Waals surface area contributed by atoms with Gasteiger partial charge in [0, 0.05) is 44.1 Å². The van der Waals surface area contributed by atoms with Crippen molar-refractivity contribution in [2.45, 2.75) is 26.2 Å². The van der Waals surface area contributed by atoms with E-state index in [1.807, 2.05) is 0 Å². The number of carbonyl (C=O) groups excluding carboxylic acids is 1. The number of benzene rings is 1. The van der Waals surface area contributed by atoms with Crippen LogP contribution in [0.15, 0.2) is 18.2 Å². The molecule has 1 aliphatic rings. The maximum Gasteiger partial charge on any atom is 0.321 e. The van der Waals surface area contributed by atoms with E-state index in [0.29, 0.717) is 23.7 Å². The molecule has 23 heavy (non-hydrogen) atoms. The van der Waals surface area contributed by atoms with Crippen LogP contribution >= 0.6 is 0 Å². The molecule has 0 saturated carbocycles. The molecule has 2 rings (SSSR count). The van der Waals surface area contributed by atoms with Crippen molar-refractivity contribution in [3.63, 3.8) is 0 Å². The van der Waals surface area contributed by atoms with Crippen molar-refractivity contribution in [1.29, 1.82) is 0 Å². The molecule has 1 N–H and O–H groups in total. The zero-order chi connectivity index (χ0) is 16.8. The summed E-state index contributed by atoms with van der Waals surface area (Å²) < 4.78 is 5.33. The number of rotatable bonds is 5. The number of nitro groups is 1. The molecule has 0 atom stereocenters. The Labute approximate surface area is 135 Å². The van der Waals surface area contributed by atoms with Crippen LogP contribution in [0.4, 0.5) is 16.2 Å². The second-order valence-electron chi connectivity index (χ2n) is 5.95. The molecule has 2 amide bonds. The molecule has 1 heterocycles. The number of aryl methyl sites for hydroxylation is 1. The van der Waals surface area contributed by atoms with Crippen LogP contribution in [0.5, 0.6) is 0 Å². The minimum Gasteiger partial charge on any atom is -0.381 e. The summed E-state index contributed by atoms with van der Waals surface area (Å²) in [6, 6.07) is 4.37. The van der Waals surface area contributed by atoms with Crippen LogP contribution in [0.1, 0.15) is 24.8 Å². The van der Waals surface area contributed by atoms with Crippen LogP contribution in [0, 0.1) is 23.0 Å². The third-order valence-corrected chi connectivity index (χ3v) is 4.21. The number of ether oxygens (including phenoxy) is 1. The molecule has 1 saturated heterocycles. The maximum absolute atomic E-state index is 12.2. The standard InChI is InChI=1S/C16H23N3O4/c1-12-11-14(3-4-15(12)19(21)22)17-16(20)18(2)8-5-13-6-9-23-10-7-13/h3-4,11,13H,5-10H2,1-2H3,(H,17,20). The molecule has 0 spiro atoms. The summed E-state index contributed by atoms with van der Waals surface area (Å²) in [6.07, 6.45) is 3.07. The first-order chi connectivity index (χ1) is 11.0. The summed E-state index contributed by atoms with van der Waals surface area (Å²) >= 11 is 0. The van der Waals surface area contributed by atoms with Crippen molar-refractivity contribution in [1.82, 2.24) is 4.90 Å². The molecule has 126 valence electrons. The van der Waals surface area contributed by atoms with E-state index < -0.39 is 4.92 Å². The SMILES string of the molecule is Cc1cc(NC(=O)N(C)CCC2CCOCC2)ccc1[N+](=O)[O-]. The van der Waals surface area contributed by atoms with Crippen LogP contribution < -0.4 is 5.32 Å². The van der Waals surface area contributed by atoms with E-state index >= 15 is 0 Å². The van der Waals surface area contributed by atoms with E-state index in [1.165, 1.54) is 6.07 Å². The summed E-state index contributed by atoms with van der Waals surface area (Å²) in [7, 11) is 1.76. The predicted octanol–water partition coefficient (Wildman–Crippen LogP) is 3.18. The van der Waals surface area contributed by atoms with Gasteiger partial charge in [0.2, 0.25) is 0 Å². The summed E-state index contributed by atoms with van der Waals surface area (Å²) in [5.41, 5.74) is 1.14. The van der Waals surface area contributed by atoms with Gasteiger partial charge in [0.15, 0.2) is 0 Å². The minimum atomic E-state index is -0.430. The Hall–Kier alpha value is -2.15. The fourth-order valence-electron chi connectivity index (χ4n) is 2.67. The molecule has 1 aromatic carbocycles. The van der Waals surface area contributed by atoms with Crippen molar-refractivity contribution >= 4 is 17.4 Å². The first-order valence-electron chi connectivity index (χ1n) is 7.82. The normalized spacial score (nSPS) is 15.2. The molecule has 1 aliphatic heterocycles. The molecular weight excluding hydrogens is 298 g/mol. The monoisotopic (exact) mass is 321 g/mol. The number of carbonyl (C=O) groups is 1. The van der Waals surface area contributed by atoms with E-state index in [9.17, 15) is 14.9 Å². The number of amides is 2. The van der Waals surface area contributed by atoms with Gasteiger partial charge in [-0.05, 0) is 44.2 Å². The summed E-state index contributed by atoms with van der Waals surface area (Å²) in [5.74, 6) is 0.612. The fourth-order valence-corrected chi connectivity index (χ4v) is 2.67. The zero-order valence-electron chi connectivity index (χ0n) is 13.6. The second-order valence-corrected chi connectivity index (χ2v) is 5.95. The molecule has 1 aromatic rings. The Morgan fingerprint density at radius 3 is 2.74 bits per heavy atom. The van der Waals surface area contributed by atoms with Crippen LogP contribution in [-0.2, 0) is 4.74 Å².